The van der Waals surface area contributed by atoms with Crippen LogP contribution in [0.4, 0.5) is 0 Å². The molecule has 3 rings (SSSR count). The van der Waals surface area contributed by atoms with Crippen molar-refractivity contribution in [3.8, 4) is 0 Å². The van der Waals surface area contributed by atoms with Gasteiger partial charge in [0.05, 0.1) is 11.2 Å². The van der Waals surface area contributed by atoms with E-state index in [9.17, 15) is 13.2 Å². The van der Waals surface area contributed by atoms with E-state index >= 15 is 0 Å². The molecule has 3 fully saturated rings. The van der Waals surface area contributed by atoms with Gasteiger partial charge in [0.25, 0.3) is 0 Å². The number of carbonyl (C=O) groups excluding carboxylic acids is 1. The smallest absolute Gasteiger partial charge is 0.337 e. The zero-order chi connectivity index (χ0) is 19.7. The maximum atomic E-state index is 13.5. The lowest BCUT2D eigenvalue weighted by Gasteiger charge is -2.47. The van der Waals surface area contributed by atoms with E-state index in [1.807, 2.05) is 27.7 Å². The van der Waals surface area contributed by atoms with Gasteiger partial charge in [-0.15, -0.1) is 0 Å². The second kappa shape index (κ2) is 5.92. The van der Waals surface area contributed by atoms with E-state index in [1.165, 1.54) is 0 Å². The second-order valence-electron chi connectivity index (χ2n) is 9.45. The molecule has 150 valence electrons. The molecule has 2 saturated carbocycles. The first kappa shape index (κ1) is 20.1. The summed E-state index contributed by atoms with van der Waals surface area (Å²) in [6, 6.07) is -0.250. The molecule has 2 aliphatic carbocycles. The first-order chi connectivity index (χ1) is 11.8. The van der Waals surface area contributed by atoms with Crippen molar-refractivity contribution >= 4 is 16.0 Å². The van der Waals surface area contributed by atoms with E-state index in [0.717, 1.165) is 6.42 Å². The van der Waals surface area contributed by atoms with Crippen molar-refractivity contribution in [2.45, 2.75) is 91.7 Å². The highest BCUT2D eigenvalue weighted by molar-refractivity contribution is 7.89. The molecule has 0 aromatic carbocycles. The molecule has 7 heteroatoms. The molecular formula is C19H33NO5S. The summed E-state index contributed by atoms with van der Waals surface area (Å²) in [7, 11) is -3.56. The van der Waals surface area contributed by atoms with Crippen LogP contribution in [0.15, 0.2) is 0 Å². The number of ether oxygens (including phenoxy) is 2. The number of esters is 1. The zero-order valence-corrected chi connectivity index (χ0v) is 17.9. The monoisotopic (exact) mass is 387 g/mol. The molecule has 4 atom stereocenters. The minimum atomic E-state index is -3.56. The van der Waals surface area contributed by atoms with Gasteiger partial charge < -0.3 is 9.47 Å². The Bertz CT molecular complexity index is 693. The Balaban J connectivity index is 2.06. The number of rotatable bonds is 5. The number of hydrogen-bond donors (Lipinski definition) is 0. The third-order valence-corrected chi connectivity index (χ3v) is 9.49. The fourth-order valence-electron chi connectivity index (χ4n) is 5.95. The van der Waals surface area contributed by atoms with E-state index in [1.54, 1.807) is 11.2 Å². The molecule has 0 amide bonds. The molecule has 2 bridgehead atoms. The summed E-state index contributed by atoms with van der Waals surface area (Å²) in [5.41, 5.74) is -0.990. The van der Waals surface area contributed by atoms with Gasteiger partial charge in [-0.25, -0.2) is 13.2 Å². The predicted octanol–water partition coefficient (Wildman–Crippen LogP) is 2.92. The summed E-state index contributed by atoms with van der Waals surface area (Å²) in [6.45, 7) is 13.5. The first-order valence-electron chi connectivity index (χ1n) is 9.71. The van der Waals surface area contributed by atoms with Crippen molar-refractivity contribution < 1.29 is 22.7 Å². The van der Waals surface area contributed by atoms with Crippen LogP contribution in [0, 0.1) is 16.7 Å². The van der Waals surface area contributed by atoms with Gasteiger partial charge in [-0.2, -0.15) is 4.31 Å². The lowest BCUT2D eigenvalue weighted by Crippen LogP contribution is -2.57. The van der Waals surface area contributed by atoms with E-state index in [2.05, 4.69) is 13.8 Å². The number of carbonyl (C=O) groups is 1. The molecule has 1 aliphatic heterocycles. The first-order valence-corrected chi connectivity index (χ1v) is 11.3. The van der Waals surface area contributed by atoms with Crippen LogP contribution < -0.4 is 0 Å². The van der Waals surface area contributed by atoms with Gasteiger partial charge in [-0.1, -0.05) is 13.8 Å². The molecule has 0 aromatic heterocycles. The number of nitrogens with zero attached hydrogens (tertiary/aromatic N) is 1. The van der Waals surface area contributed by atoms with E-state index in [-0.39, 0.29) is 29.2 Å². The van der Waals surface area contributed by atoms with Crippen LogP contribution in [0.5, 0.6) is 0 Å². The average molecular weight is 388 g/mol. The van der Waals surface area contributed by atoms with Gasteiger partial charge in [-0.3, -0.25) is 0 Å². The Hall–Kier alpha value is -0.660. The van der Waals surface area contributed by atoms with Crippen LogP contribution in [-0.2, 0) is 24.3 Å². The summed E-state index contributed by atoms with van der Waals surface area (Å²) in [5.74, 6) is -1.24. The number of hydrogen-bond acceptors (Lipinski definition) is 5. The Morgan fingerprint density at radius 2 is 1.77 bits per heavy atom. The van der Waals surface area contributed by atoms with Gasteiger partial charge >= 0.3 is 5.97 Å². The molecule has 26 heavy (non-hydrogen) atoms. The zero-order valence-electron chi connectivity index (χ0n) is 17.0. The van der Waals surface area contributed by atoms with Crippen LogP contribution in [0.3, 0.4) is 0 Å². The minimum Gasteiger partial charge on any atom is -0.430 e. The Morgan fingerprint density at radius 3 is 2.19 bits per heavy atom. The van der Waals surface area contributed by atoms with Crippen LogP contribution in [-0.4, -0.2) is 48.4 Å². The van der Waals surface area contributed by atoms with Crippen molar-refractivity contribution in [2.75, 3.05) is 5.75 Å². The van der Waals surface area contributed by atoms with Crippen molar-refractivity contribution in [2.24, 2.45) is 16.7 Å². The molecule has 6 nitrogen and oxygen atoms in total. The Labute approximate surface area is 157 Å². The summed E-state index contributed by atoms with van der Waals surface area (Å²) >= 11 is 0. The van der Waals surface area contributed by atoms with E-state index in [4.69, 9.17) is 9.47 Å². The van der Waals surface area contributed by atoms with Crippen LogP contribution >= 0.6 is 0 Å². The lowest BCUT2D eigenvalue weighted by molar-refractivity contribution is -0.240. The highest BCUT2D eigenvalue weighted by atomic mass is 32.2. The van der Waals surface area contributed by atoms with Gasteiger partial charge in [0.1, 0.15) is 0 Å². The number of fused-ring (bicyclic) bond motifs is 3. The van der Waals surface area contributed by atoms with Gasteiger partial charge in [0.2, 0.25) is 15.8 Å². The van der Waals surface area contributed by atoms with E-state index < -0.39 is 27.3 Å². The molecule has 1 spiro atoms. The highest BCUT2D eigenvalue weighted by Crippen LogP contribution is 2.72. The fourth-order valence-corrected chi connectivity index (χ4v) is 8.74. The van der Waals surface area contributed by atoms with Crippen LogP contribution in [0.1, 0.15) is 67.7 Å². The molecule has 0 radical (unpaired) electrons. The normalized spacial score (nSPS) is 38.9. The molecule has 3 aliphatic rings. The number of sulfonamides is 1. The quantitative estimate of drug-likeness (QED) is 0.678. The van der Waals surface area contributed by atoms with Gasteiger partial charge in [0, 0.05) is 18.5 Å². The van der Waals surface area contributed by atoms with Crippen molar-refractivity contribution in [3.05, 3.63) is 0 Å². The summed E-state index contributed by atoms with van der Waals surface area (Å²) in [6.07, 6.45) is 1.60. The lowest BCUT2D eigenvalue weighted by atomic mass is 9.68. The van der Waals surface area contributed by atoms with Crippen molar-refractivity contribution in [1.82, 2.24) is 4.31 Å². The van der Waals surface area contributed by atoms with Gasteiger partial charge in [0.15, 0.2) is 6.10 Å². The molecule has 1 saturated heterocycles. The van der Waals surface area contributed by atoms with Crippen molar-refractivity contribution in [1.29, 1.82) is 0 Å². The molecule has 0 N–H and O–H groups in total. The maximum absolute atomic E-state index is 13.5. The fraction of sp³-hybridized carbons (Fsp3) is 0.947. The summed E-state index contributed by atoms with van der Waals surface area (Å²) < 4.78 is 40.4. The highest BCUT2D eigenvalue weighted by Gasteiger charge is 2.77. The van der Waals surface area contributed by atoms with Crippen LogP contribution in [0.2, 0.25) is 0 Å². The molecule has 1 unspecified atom stereocenters. The molecule has 1 heterocycles. The largest absolute Gasteiger partial charge is 0.430 e. The summed E-state index contributed by atoms with van der Waals surface area (Å²) in [4.78, 5) is 12.2. The Morgan fingerprint density at radius 1 is 1.19 bits per heavy atom. The topological polar surface area (TPSA) is 72.9 Å². The van der Waals surface area contributed by atoms with Gasteiger partial charge in [-0.05, 0) is 58.8 Å². The van der Waals surface area contributed by atoms with E-state index in [0.29, 0.717) is 18.8 Å². The average Bonchev–Trinajstić information content (AvgIpc) is 2.92. The SMILES string of the molecule is CC(C)N(C(C)C)S(=O)(=O)C[C@]12CC[C@H](CC13OC(=O)[C@H](C)O3)C2(C)C. The Kier molecular flexibility index (Phi) is 4.57. The third kappa shape index (κ3) is 2.49. The second-order valence-corrected chi connectivity index (χ2v) is 11.3. The predicted molar refractivity (Wildman–Crippen MR) is 98.8 cm³/mol. The van der Waals surface area contributed by atoms with Crippen molar-refractivity contribution in [3.63, 3.8) is 0 Å². The maximum Gasteiger partial charge on any atom is 0.337 e. The molecular weight excluding hydrogens is 354 g/mol. The molecule has 0 aromatic rings. The third-order valence-electron chi connectivity index (χ3n) is 7.15. The minimum absolute atomic E-state index is 0.0418. The summed E-state index contributed by atoms with van der Waals surface area (Å²) in [5, 5.41) is 0. The van der Waals surface area contributed by atoms with Crippen LogP contribution in [0.25, 0.3) is 0 Å². The standard InChI is InChI=1S/C19H33NO5S/c1-12(2)20(13(3)4)26(22,23)11-18-9-8-15(17(18,6)7)10-19(18)24-14(5)16(21)25-19/h12-15H,8-11H2,1-7H3/t14-,15+,18-,19?/m0/s1.